The normalized spacial score (nSPS) is 25.5. The third-order valence-corrected chi connectivity index (χ3v) is 7.96. The highest BCUT2D eigenvalue weighted by molar-refractivity contribution is 7.91. The van der Waals surface area contributed by atoms with Crippen LogP contribution in [0, 0.1) is 0 Å². The molecule has 3 aliphatic rings. The molecule has 2 heterocycles. The van der Waals surface area contributed by atoms with E-state index in [0.717, 1.165) is 49.7 Å². The maximum atomic E-state index is 13.0. The van der Waals surface area contributed by atoms with Crippen molar-refractivity contribution in [1.82, 2.24) is 4.90 Å². The predicted octanol–water partition coefficient (Wildman–Crippen LogP) is 0.223. The standard InChI is InChI=1S/C19H26ClN3O3S/c20-17-3-1-2-4-18(17)22-10-8-21(9-11-22)13-19(24)23(15-5-6-15)16-7-12-27(25,26)14-16/h1-4,15-16H,5-14H2/p+1/t16-/m0/s1. The highest BCUT2D eigenvalue weighted by Gasteiger charge is 2.43. The average Bonchev–Trinajstić information content (AvgIpc) is 3.39. The van der Waals surface area contributed by atoms with Crippen molar-refractivity contribution in [3.63, 3.8) is 0 Å². The van der Waals surface area contributed by atoms with Crippen molar-refractivity contribution in [1.29, 1.82) is 0 Å². The van der Waals surface area contributed by atoms with Crippen LogP contribution in [0.2, 0.25) is 5.02 Å². The van der Waals surface area contributed by atoms with Crippen LogP contribution in [-0.2, 0) is 14.6 Å². The van der Waals surface area contributed by atoms with Gasteiger partial charge in [0.1, 0.15) is 0 Å². The maximum Gasteiger partial charge on any atom is 0.278 e. The van der Waals surface area contributed by atoms with Crippen LogP contribution < -0.4 is 9.80 Å². The Bertz CT molecular complexity index is 804. The van der Waals surface area contributed by atoms with Crippen LogP contribution in [0.3, 0.4) is 0 Å². The van der Waals surface area contributed by atoms with Gasteiger partial charge in [0.05, 0.1) is 48.4 Å². The van der Waals surface area contributed by atoms with Crippen molar-refractivity contribution in [3.8, 4) is 0 Å². The summed E-state index contributed by atoms with van der Waals surface area (Å²) in [5.74, 6) is 0.489. The number of carbonyl (C=O) groups is 1. The molecule has 0 radical (unpaired) electrons. The number of nitrogens with one attached hydrogen (secondary N) is 1. The van der Waals surface area contributed by atoms with Crippen molar-refractivity contribution in [2.75, 3.05) is 49.1 Å². The van der Waals surface area contributed by atoms with Gasteiger partial charge in [-0.15, -0.1) is 0 Å². The van der Waals surface area contributed by atoms with Gasteiger partial charge in [0, 0.05) is 12.1 Å². The topological polar surface area (TPSA) is 62.1 Å². The van der Waals surface area contributed by atoms with Gasteiger partial charge >= 0.3 is 0 Å². The van der Waals surface area contributed by atoms with E-state index >= 15 is 0 Å². The number of hydrogen-bond acceptors (Lipinski definition) is 4. The summed E-state index contributed by atoms with van der Waals surface area (Å²) in [5, 5.41) is 0.763. The first-order valence-electron chi connectivity index (χ1n) is 9.77. The van der Waals surface area contributed by atoms with E-state index in [-0.39, 0.29) is 29.5 Å². The van der Waals surface area contributed by atoms with Gasteiger partial charge in [-0.1, -0.05) is 23.7 Å². The Hall–Kier alpha value is -1.31. The Morgan fingerprint density at radius 2 is 1.85 bits per heavy atom. The van der Waals surface area contributed by atoms with Crippen LogP contribution in [0.1, 0.15) is 19.3 Å². The molecular formula is C19H27ClN3O3S+. The summed E-state index contributed by atoms with van der Waals surface area (Å²) in [5.41, 5.74) is 1.06. The number of para-hydroxylation sites is 1. The first-order chi connectivity index (χ1) is 12.9. The van der Waals surface area contributed by atoms with Gasteiger partial charge in [0.25, 0.3) is 5.91 Å². The number of anilines is 1. The molecule has 3 fully saturated rings. The van der Waals surface area contributed by atoms with Crippen molar-refractivity contribution in [2.45, 2.75) is 31.3 Å². The number of rotatable bonds is 5. The molecule has 1 N–H and O–H groups in total. The van der Waals surface area contributed by atoms with Crippen molar-refractivity contribution in [2.24, 2.45) is 0 Å². The average molecular weight is 413 g/mol. The third kappa shape index (κ3) is 4.41. The number of piperazine rings is 1. The van der Waals surface area contributed by atoms with E-state index in [9.17, 15) is 13.2 Å². The van der Waals surface area contributed by atoms with Gasteiger partial charge in [0.2, 0.25) is 0 Å². The second-order valence-corrected chi connectivity index (χ2v) is 10.6. The van der Waals surface area contributed by atoms with E-state index < -0.39 is 9.84 Å². The molecule has 148 valence electrons. The summed E-state index contributed by atoms with van der Waals surface area (Å²) < 4.78 is 23.7. The highest BCUT2D eigenvalue weighted by Crippen LogP contribution is 2.32. The zero-order valence-corrected chi connectivity index (χ0v) is 17.0. The number of nitrogens with zero attached hydrogens (tertiary/aromatic N) is 2. The SMILES string of the molecule is O=C(C[NH+]1CCN(c2ccccc2Cl)CC1)N(C1CC1)[C@H]1CCS(=O)(=O)C1. The minimum absolute atomic E-state index is 0.112. The highest BCUT2D eigenvalue weighted by atomic mass is 35.5. The smallest absolute Gasteiger partial charge is 0.278 e. The number of quaternary nitrogens is 1. The lowest BCUT2D eigenvalue weighted by molar-refractivity contribution is -0.892. The van der Waals surface area contributed by atoms with E-state index in [1.54, 1.807) is 0 Å². The molecule has 1 aromatic rings. The van der Waals surface area contributed by atoms with E-state index in [1.165, 1.54) is 4.90 Å². The van der Waals surface area contributed by atoms with Gasteiger partial charge in [-0.2, -0.15) is 0 Å². The van der Waals surface area contributed by atoms with E-state index in [4.69, 9.17) is 11.6 Å². The molecule has 6 nitrogen and oxygen atoms in total. The van der Waals surface area contributed by atoms with Gasteiger partial charge < -0.3 is 14.7 Å². The van der Waals surface area contributed by atoms with Gasteiger partial charge in [-0.05, 0) is 31.4 Å². The zero-order valence-electron chi connectivity index (χ0n) is 15.4. The Morgan fingerprint density at radius 1 is 1.15 bits per heavy atom. The minimum Gasteiger partial charge on any atom is -0.359 e. The summed E-state index contributed by atoms with van der Waals surface area (Å²) in [7, 11) is -2.97. The molecule has 0 bridgehead atoms. The molecule has 1 amide bonds. The zero-order chi connectivity index (χ0) is 19.0. The van der Waals surface area contributed by atoms with Crippen molar-refractivity contribution < 1.29 is 18.1 Å². The minimum atomic E-state index is -2.97. The van der Waals surface area contributed by atoms with Crippen LogP contribution in [0.25, 0.3) is 0 Å². The van der Waals surface area contributed by atoms with Crippen LogP contribution in [-0.4, -0.2) is 75.5 Å². The summed E-state index contributed by atoms with van der Waals surface area (Å²) in [4.78, 5) is 18.4. The maximum absolute atomic E-state index is 13.0. The van der Waals surface area contributed by atoms with Crippen molar-refractivity contribution in [3.05, 3.63) is 29.3 Å². The second kappa shape index (κ2) is 7.60. The molecule has 1 saturated carbocycles. The van der Waals surface area contributed by atoms with Crippen LogP contribution in [0.4, 0.5) is 5.69 Å². The fourth-order valence-electron chi connectivity index (χ4n) is 4.31. The predicted molar refractivity (Wildman–Crippen MR) is 106 cm³/mol. The molecule has 2 aliphatic heterocycles. The third-order valence-electron chi connectivity index (χ3n) is 5.89. The first kappa shape index (κ1) is 19.0. The Labute approximate surface area is 166 Å². The van der Waals surface area contributed by atoms with Crippen molar-refractivity contribution >= 4 is 33.0 Å². The van der Waals surface area contributed by atoms with Crippen LogP contribution >= 0.6 is 11.6 Å². The molecule has 27 heavy (non-hydrogen) atoms. The van der Waals surface area contributed by atoms with E-state index in [2.05, 4.69) is 4.90 Å². The molecule has 1 aliphatic carbocycles. The Morgan fingerprint density at radius 3 is 2.44 bits per heavy atom. The molecule has 0 spiro atoms. The molecule has 8 heteroatoms. The number of hydrogen-bond donors (Lipinski definition) is 1. The monoisotopic (exact) mass is 412 g/mol. The number of halogens is 1. The molecule has 0 aromatic heterocycles. The molecule has 0 unspecified atom stereocenters. The summed E-state index contributed by atoms with van der Waals surface area (Å²) in [6.07, 6.45) is 2.62. The molecule has 1 atom stereocenters. The van der Waals surface area contributed by atoms with Crippen LogP contribution in [0.15, 0.2) is 24.3 Å². The van der Waals surface area contributed by atoms with E-state index in [1.807, 2.05) is 29.2 Å². The fourth-order valence-corrected chi connectivity index (χ4v) is 6.27. The summed E-state index contributed by atoms with van der Waals surface area (Å²) in [6, 6.07) is 8.02. The molecule has 1 aromatic carbocycles. The largest absolute Gasteiger partial charge is 0.359 e. The molecule has 4 rings (SSSR count). The number of amides is 1. The quantitative estimate of drug-likeness (QED) is 0.751. The Balaban J connectivity index is 1.34. The van der Waals surface area contributed by atoms with Gasteiger partial charge in [-0.3, -0.25) is 4.79 Å². The first-order valence-corrected chi connectivity index (χ1v) is 12.0. The number of sulfone groups is 1. The summed E-state index contributed by atoms with van der Waals surface area (Å²) >= 11 is 6.30. The van der Waals surface area contributed by atoms with E-state index in [0.29, 0.717) is 13.0 Å². The van der Waals surface area contributed by atoms with Gasteiger partial charge in [0.15, 0.2) is 16.4 Å². The number of carbonyl (C=O) groups excluding carboxylic acids is 1. The molecule has 2 saturated heterocycles. The van der Waals surface area contributed by atoms with Gasteiger partial charge in [-0.25, -0.2) is 8.42 Å². The molecular weight excluding hydrogens is 386 g/mol. The van der Waals surface area contributed by atoms with Crippen LogP contribution in [0.5, 0.6) is 0 Å². The second-order valence-electron chi connectivity index (χ2n) is 7.95. The lowest BCUT2D eigenvalue weighted by Crippen LogP contribution is -3.16. The lowest BCUT2D eigenvalue weighted by atomic mass is 10.2. The Kier molecular flexibility index (Phi) is 5.36. The fraction of sp³-hybridized carbons (Fsp3) is 0.632. The summed E-state index contributed by atoms with van der Waals surface area (Å²) in [6.45, 7) is 3.97. The number of benzene rings is 1. The lowest BCUT2D eigenvalue weighted by Gasteiger charge is -2.35.